The number of hydrogen-bond donors (Lipinski definition) is 0. The van der Waals surface area contributed by atoms with Crippen LogP contribution in [-0.4, -0.2) is 43.0 Å². The Morgan fingerprint density at radius 3 is 2.88 bits per heavy atom. The first kappa shape index (κ1) is 14.4. The molecule has 0 aliphatic heterocycles. The smallest absolute Gasteiger partial charge is 0.196 e. The molecule has 0 aliphatic rings. The van der Waals surface area contributed by atoms with Crippen LogP contribution in [0.5, 0.6) is 0 Å². The topological polar surface area (TPSA) is 42.4 Å². The fraction of sp³-hybridized carbons (Fsp3) is 0.636. The van der Waals surface area contributed by atoms with Crippen molar-refractivity contribution in [3.8, 4) is 0 Å². The monoisotopic (exact) mass is 276 g/mol. The maximum atomic E-state index is 11.4. The van der Waals surface area contributed by atoms with Crippen molar-refractivity contribution < 1.29 is 9.53 Å². The first-order chi connectivity index (χ1) is 8.10. The number of alkyl halides is 1. The lowest BCUT2D eigenvalue weighted by atomic mass is 10.3. The number of ether oxygens (including phenoxy) is 1. The highest BCUT2D eigenvalue weighted by Gasteiger charge is 2.16. The van der Waals surface area contributed by atoms with Gasteiger partial charge in [-0.2, -0.15) is 0 Å². The lowest BCUT2D eigenvalue weighted by molar-refractivity contribution is 0.101. The summed E-state index contributed by atoms with van der Waals surface area (Å²) in [5, 5.41) is 2.59. The van der Waals surface area contributed by atoms with E-state index >= 15 is 0 Å². The number of anilines is 1. The maximum absolute atomic E-state index is 11.4. The van der Waals surface area contributed by atoms with Gasteiger partial charge in [-0.15, -0.1) is 22.9 Å². The molecule has 0 bridgehead atoms. The maximum Gasteiger partial charge on any atom is 0.196 e. The molecule has 0 aliphatic carbocycles. The first-order valence-corrected chi connectivity index (χ1v) is 6.81. The average molecular weight is 277 g/mol. The van der Waals surface area contributed by atoms with E-state index in [1.165, 1.54) is 11.3 Å². The normalized spacial score (nSPS) is 10.9. The van der Waals surface area contributed by atoms with E-state index in [1.54, 1.807) is 12.5 Å². The predicted molar refractivity (Wildman–Crippen MR) is 71.5 cm³/mol. The third-order valence-corrected chi connectivity index (χ3v) is 3.42. The van der Waals surface area contributed by atoms with Crippen molar-refractivity contribution in [3.05, 3.63) is 11.1 Å². The van der Waals surface area contributed by atoms with E-state index in [4.69, 9.17) is 16.3 Å². The van der Waals surface area contributed by atoms with Gasteiger partial charge in [-0.05, 0) is 13.8 Å². The van der Waals surface area contributed by atoms with Crippen LogP contribution in [0.15, 0.2) is 5.38 Å². The number of nitrogens with zero attached hydrogens (tertiary/aromatic N) is 2. The molecular weight excluding hydrogens is 260 g/mol. The third-order valence-electron chi connectivity index (χ3n) is 2.30. The highest BCUT2D eigenvalue weighted by molar-refractivity contribution is 7.14. The van der Waals surface area contributed by atoms with E-state index in [9.17, 15) is 4.79 Å². The zero-order valence-electron chi connectivity index (χ0n) is 10.3. The molecule has 1 aromatic rings. The van der Waals surface area contributed by atoms with Crippen molar-refractivity contribution in [3.63, 3.8) is 0 Å². The van der Waals surface area contributed by atoms with Gasteiger partial charge in [0.1, 0.15) is 5.69 Å². The molecular formula is C11H17ClN2O2S. The standard InChI is InChI=1S/C11H17ClN2O2S/c1-8(2)14(4-5-16-3)11-13-9(7-17-11)10(15)6-12/h7-8H,4-6H2,1-3H3. The van der Waals surface area contributed by atoms with Gasteiger partial charge in [0.25, 0.3) is 0 Å². The minimum Gasteiger partial charge on any atom is -0.383 e. The predicted octanol–water partition coefficient (Wildman–Crippen LogP) is 2.43. The fourth-order valence-electron chi connectivity index (χ4n) is 1.36. The molecule has 0 amide bonds. The molecule has 0 atom stereocenters. The Kier molecular flexibility index (Phi) is 5.88. The van der Waals surface area contributed by atoms with Crippen molar-refractivity contribution in [2.75, 3.05) is 31.0 Å². The Morgan fingerprint density at radius 1 is 1.65 bits per heavy atom. The number of halogens is 1. The first-order valence-electron chi connectivity index (χ1n) is 5.40. The van der Waals surface area contributed by atoms with Crippen molar-refractivity contribution >= 4 is 33.9 Å². The molecule has 0 N–H and O–H groups in total. The SMILES string of the molecule is COCCN(c1nc(C(=O)CCl)cs1)C(C)C. The summed E-state index contributed by atoms with van der Waals surface area (Å²) in [6.07, 6.45) is 0. The molecule has 0 saturated carbocycles. The summed E-state index contributed by atoms with van der Waals surface area (Å²) in [6, 6.07) is 0.315. The summed E-state index contributed by atoms with van der Waals surface area (Å²) in [5.41, 5.74) is 0.447. The highest BCUT2D eigenvalue weighted by Crippen LogP contribution is 2.22. The van der Waals surface area contributed by atoms with Gasteiger partial charge >= 0.3 is 0 Å². The van der Waals surface area contributed by atoms with Crippen molar-refractivity contribution in [2.45, 2.75) is 19.9 Å². The molecule has 0 radical (unpaired) electrons. The molecule has 96 valence electrons. The van der Waals surface area contributed by atoms with Crippen LogP contribution in [0.4, 0.5) is 5.13 Å². The van der Waals surface area contributed by atoms with Gasteiger partial charge in [0.2, 0.25) is 0 Å². The molecule has 17 heavy (non-hydrogen) atoms. The molecule has 1 rings (SSSR count). The molecule has 0 fully saturated rings. The number of thiazole rings is 1. The minimum absolute atomic E-state index is 0.0249. The Morgan fingerprint density at radius 2 is 2.35 bits per heavy atom. The van der Waals surface area contributed by atoms with Crippen molar-refractivity contribution in [1.29, 1.82) is 0 Å². The molecule has 0 saturated heterocycles. The van der Waals surface area contributed by atoms with Crippen LogP contribution in [0.1, 0.15) is 24.3 Å². The number of carbonyl (C=O) groups is 1. The number of methoxy groups -OCH3 is 1. The molecule has 0 unspecified atom stereocenters. The van der Waals surface area contributed by atoms with Gasteiger partial charge in [-0.1, -0.05) is 0 Å². The number of Topliss-reactive ketones (excluding diaryl/α,β-unsaturated/α-hetero) is 1. The average Bonchev–Trinajstić information content (AvgIpc) is 2.77. The van der Waals surface area contributed by atoms with E-state index in [0.29, 0.717) is 18.3 Å². The second kappa shape index (κ2) is 6.93. The highest BCUT2D eigenvalue weighted by atomic mass is 35.5. The Hall–Kier alpha value is -0.650. The second-order valence-corrected chi connectivity index (χ2v) is 4.96. The van der Waals surface area contributed by atoms with Crippen LogP contribution in [0.2, 0.25) is 0 Å². The van der Waals surface area contributed by atoms with Crippen LogP contribution in [-0.2, 0) is 4.74 Å². The quantitative estimate of drug-likeness (QED) is 0.567. The van der Waals surface area contributed by atoms with Crippen LogP contribution < -0.4 is 4.90 Å². The van der Waals surface area contributed by atoms with E-state index in [-0.39, 0.29) is 11.7 Å². The Balaban J connectivity index is 2.80. The van der Waals surface area contributed by atoms with Crippen LogP contribution in [0.3, 0.4) is 0 Å². The van der Waals surface area contributed by atoms with Crippen molar-refractivity contribution in [2.24, 2.45) is 0 Å². The van der Waals surface area contributed by atoms with Gasteiger partial charge in [-0.25, -0.2) is 4.98 Å². The fourth-order valence-corrected chi connectivity index (χ4v) is 2.48. The van der Waals surface area contributed by atoms with E-state index in [2.05, 4.69) is 23.7 Å². The minimum atomic E-state index is -0.135. The molecule has 0 spiro atoms. The number of hydrogen-bond acceptors (Lipinski definition) is 5. The van der Waals surface area contributed by atoms with Crippen LogP contribution in [0, 0.1) is 0 Å². The zero-order valence-corrected chi connectivity index (χ0v) is 11.8. The lowest BCUT2D eigenvalue weighted by Gasteiger charge is -2.25. The molecule has 0 aromatic carbocycles. The van der Waals surface area contributed by atoms with Gasteiger partial charge in [0.05, 0.1) is 12.5 Å². The number of ketones is 1. The Bertz CT molecular complexity index is 368. The molecule has 1 heterocycles. The van der Waals surface area contributed by atoms with Crippen LogP contribution in [0.25, 0.3) is 0 Å². The summed E-state index contributed by atoms with van der Waals surface area (Å²) in [5.74, 6) is -0.159. The second-order valence-electron chi connectivity index (χ2n) is 3.85. The van der Waals surface area contributed by atoms with Gasteiger partial charge in [-0.3, -0.25) is 4.79 Å². The molecule has 1 aromatic heterocycles. The van der Waals surface area contributed by atoms with Gasteiger partial charge < -0.3 is 9.64 Å². The van der Waals surface area contributed by atoms with Gasteiger partial charge in [0.15, 0.2) is 10.9 Å². The van der Waals surface area contributed by atoms with E-state index in [1.807, 2.05) is 0 Å². The van der Waals surface area contributed by atoms with E-state index < -0.39 is 0 Å². The summed E-state index contributed by atoms with van der Waals surface area (Å²) >= 11 is 6.96. The summed E-state index contributed by atoms with van der Waals surface area (Å²) in [7, 11) is 1.67. The molecule has 4 nitrogen and oxygen atoms in total. The zero-order chi connectivity index (χ0) is 12.8. The lowest BCUT2D eigenvalue weighted by Crippen LogP contribution is -2.33. The van der Waals surface area contributed by atoms with Gasteiger partial charge in [0, 0.05) is 25.1 Å². The third kappa shape index (κ3) is 3.94. The van der Waals surface area contributed by atoms with E-state index in [0.717, 1.165) is 11.7 Å². The number of rotatable bonds is 7. The molecule has 6 heteroatoms. The van der Waals surface area contributed by atoms with Crippen LogP contribution >= 0.6 is 22.9 Å². The summed E-state index contributed by atoms with van der Waals surface area (Å²) < 4.78 is 5.07. The Labute approximate surface area is 111 Å². The number of carbonyl (C=O) groups excluding carboxylic acids is 1. The largest absolute Gasteiger partial charge is 0.383 e. The summed E-state index contributed by atoms with van der Waals surface area (Å²) in [6.45, 7) is 5.56. The van der Waals surface area contributed by atoms with Crippen molar-refractivity contribution in [1.82, 2.24) is 4.98 Å². The number of aromatic nitrogens is 1. The summed E-state index contributed by atoms with van der Waals surface area (Å²) in [4.78, 5) is 17.8.